The average molecular weight is 570 g/mol. The fourth-order valence-corrected chi connectivity index (χ4v) is 4.35. The van der Waals surface area contributed by atoms with Crippen molar-refractivity contribution in [3.63, 3.8) is 0 Å². The average Bonchev–Trinajstić information content (AvgIpc) is 3.60. The van der Waals surface area contributed by atoms with Crippen LogP contribution in [0.5, 0.6) is 0 Å². The lowest BCUT2D eigenvalue weighted by Crippen LogP contribution is -2.40. The number of aromatic nitrogens is 4. The summed E-state index contributed by atoms with van der Waals surface area (Å²) in [5.74, 6) is -0.750. The van der Waals surface area contributed by atoms with Gasteiger partial charge in [0.05, 0.1) is 12.7 Å². The molecule has 0 spiro atoms. The number of rotatable bonds is 6. The van der Waals surface area contributed by atoms with Crippen molar-refractivity contribution in [1.82, 2.24) is 29.8 Å². The van der Waals surface area contributed by atoms with E-state index in [9.17, 15) is 27.6 Å². The van der Waals surface area contributed by atoms with E-state index in [1.807, 2.05) is 18.7 Å². The number of nitrogens with zero attached hydrogens (tertiary/aromatic N) is 5. The molecule has 1 aliphatic heterocycles. The Bertz CT molecular complexity index is 1610. The van der Waals surface area contributed by atoms with E-state index < -0.39 is 24.8 Å². The van der Waals surface area contributed by atoms with E-state index in [1.165, 1.54) is 27.4 Å². The summed E-state index contributed by atoms with van der Waals surface area (Å²) in [6.45, 7) is 3.96. The lowest BCUT2D eigenvalue weighted by atomic mass is 10.1. The predicted molar refractivity (Wildman–Crippen MR) is 147 cm³/mol. The first-order chi connectivity index (χ1) is 19.5. The molecule has 4 aromatic rings. The Hall–Kier alpha value is -4.68. The van der Waals surface area contributed by atoms with Gasteiger partial charge in [0.15, 0.2) is 11.3 Å². The van der Waals surface area contributed by atoms with E-state index >= 15 is 0 Å². The Morgan fingerprint density at radius 3 is 2.49 bits per heavy atom. The smallest absolute Gasteiger partial charge is 0.271 e. The summed E-state index contributed by atoms with van der Waals surface area (Å²) in [6.07, 6.45) is -0.737. The SMILES string of the molecule is Cc1cc(C(=O)N[C@H]2CCN(c3ccc4ncc(C(=O)NCC(F)F)n4n3)C2)c(=O)n(C)c1C.Fc1ccccc1. The third-order valence-corrected chi connectivity index (χ3v) is 6.79. The summed E-state index contributed by atoms with van der Waals surface area (Å²) in [6, 6.07) is 12.8. The van der Waals surface area contributed by atoms with E-state index in [2.05, 4.69) is 20.7 Å². The highest BCUT2D eigenvalue weighted by Gasteiger charge is 2.27. The summed E-state index contributed by atoms with van der Waals surface area (Å²) in [5.41, 5.74) is 1.86. The number of benzene rings is 1. The number of nitrogens with one attached hydrogen (secondary N) is 2. The second kappa shape index (κ2) is 12.7. The number of anilines is 1. The van der Waals surface area contributed by atoms with Crippen molar-refractivity contribution in [2.24, 2.45) is 7.05 Å². The van der Waals surface area contributed by atoms with Gasteiger partial charge in [-0.15, -0.1) is 5.10 Å². The molecule has 0 aliphatic carbocycles. The standard InChI is InChI=1S/C22H25F2N7O3.C6H5F/c1-12-8-15(22(34)29(3)13(12)2)20(32)27-14-6-7-30(11-14)19-5-4-18-25-9-16(31(18)28-19)21(33)26-10-17(23)24;7-6-4-2-1-3-5-6/h4-5,8-9,14,17H,6-7,10-11H2,1-3H3,(H,26,33)(H,27,32);1-5H/t14-;/m0./s1. The van der Waals surface area contributed by atoms with Crippen LogP contribution in [0, 0.1) is 19.7 Å². The minimum atomic E-state index is -2.66. The molecule has 3 aromatic heterocycles. The van der Waals surface area contributed by atoms with Crippen molar-refractivity contribution in [3.05, 3.63) is 93.4 Å². The van der Waals surface area contributed by atoms with Crippen molar-refractivity contribution < 1.29 is 22.8 Å². The first-order valence-corrected chi connectivity index (χ1v) is 12.9. The highest BCUT2D eigenvalue weighted by atomic mass is 19.3. The molecule has 41 heavy (non-hydrogen) atoms. The van der Waals surface area contributed by atoms with Crippen molar-refractivity contribution in [3.8, 4) is 0 Å². The molecule has 1 aromatic carbocycles. The third-order valence-electron chi connectivity index (χ3n) is 6.79. The van der Waals surface area contributed by atoms with Gasteiger partial charge in [-0.05, 0) is 56.2 Å². The minimum absolute atomic E-state index is 0.0483. The van der Waals surface area contributed by atoms with E-state index in [0.717, 1.165) is 11.3 Å². The van der Waals surface area contributed by atoms with Gasteiger partial charge in [-0.1, -0.05) is 18.2 Å². The number of imidazole rings is 1. The number of hydrogen-bond donors (Lipinski definition) is 2. The van der Waals surface area contributed by atoms with Crippen LogP contribution in [0.3, 0.4) is 0 Å². The Morgan fingerprint density at radius 1 is 1.10 bits per heavy atom. The van der Waals surface area contributed by atoms with Gasteiger partial charge in [0, 0.05) is 31.9 Å². The van der Waals surface area contributed by atoms with Gasteiger partial charge in [0.2, 0.25) is 0 Å². The second-order valence-electron chi connectivity index (χ2n) is 9.60. The van der Waals surface area contributed by atoms with Crippen LogP contribution in [0.4, 0.5) is 19.0 Å². The molecule has 2 amide bonds. The normalized spacial score (nSPS) is 14.6. The number of pyridine rings is 1. The fourth-order valence-electron chi connectivity index (χ4n) is 4.35. The van der Waals surface area contributed by atoms with Crippen LogP contribution in [0.2, 0.25) is 0 Å². The quantitative estimate of drug-likeness (QED) is 0.369. The van der Waals surface area contributed by atoms with Crippen LogP contribution in [0.25, 0.3) is 5.65 Å². The number of carbonyl (C=O) groups excluding carboxylic acids is 2. The summed E-state index contributed by atoms with van der Waals surface area (Å²) < 4.78 is 39.5. The number of hydrogen-bond acceptors (Lipinski definition) is 6. The lowest BCUT2D eigenvalue weighted by Gasteiger charge is -2.18. The molecule has 1 atom stereocenters. The molecule has 10 nitrogen and oxygen atoms in total. The highest BCUT2D eigenvalue weighted by molar-refractivity contribution is 5.94. The van der Waals surface area contributed by atoms with E-state index in [1.54, 1.807) is 43.4 Å². The number of aryl methyl sites for hydroxylation is 1. The Morgan fingerprint density at radius 2 is 1.83 bits per heavy atom. The summed E-state index contributed by atoms with van der Waals surface area (Å²) in [5, 5.41) is 9.52. The molecular formula is C28H30F3N7O3. The highest BCUT2D eigenvalue weighted by Crippen LogP contribution is 2.19. The summed E-state index contributed by atoms with van der Waals surface area (Å²) in [7, 11) is 1.64. The Kier molecular flexibility index (Phi) is 9.05. The molecule has 0 radical (unpaired) electrons. The first kappa shape index (κ1) is 29.3. The van der Waals surface area contributed by atoms with Crippen LogP contribution in [-0.4, -0.2) is 63.1 Å². The van der Waals surface area contributed by atoms with Crippen LogP contribution >= 0.6 is 0 Å². The van der Waals surface area contributed by atoms with E-state index in [0.29, 0.717) is 31.0 Å². The maximum absolute atomic E-state index is 12.8. The molecule has 0 unspecified atom stereocenters. The zero-order chi connectivity index (χ0) is 29.7. The fraction of sp³-hybridized carbons (Fsp3) is 0.321. The van der Waals surface area contributed by atoms with E-state index in [4.69, 9.17) is 0 Å². The first-order valence-electron chi connectivity index (χ1n) is 12.9. The lowest BCUT2D eigenvalue weighted by molar-refractivity contribution is 0.0884. The molecular weight excluding hydrogens is 539 g/mol. The zero-order valence-electron chi connectivity index (χ0n) is 22.8. The number of amides is 2. The molecule has 0 bridgehead atoms. The molecule has 4 heterocycles. The molecule has 2 N–H and O–H groups in total. The minimum Gasteiger partial charge on any atom is -0.353 e. The number of alkyl halides is 2. The molecule has 1 aliphatic rings. The monoisotopic (exact) mass is 569 g/mol. The van der Waals surface area contributed by atoms with E-state index in [-0.39, 0.29) is 28.7 Å². The van der Waals surface area contributed by atoms with Crippen molar-refractivity contribution in [2.45, 2.75) is 32.7 Å². The Labute approximate surface area is 233 Å². The van der Waals surface area contributed by atoms with Crippen LogP contribution in [0.1, 0.15) is 38.5 Å². The van der Waals surface area contributed by atoms with Crippen molar-refractivity contribution in [2.75, 3.05) is 24.5 Å². The van der Waals surface area contributed by atoms with Gasteiger partial charge in [0.25, 0.3) is 23.8 Å². The van der Waals surface area contributed by atoms with Crippen LogP contribution in [-0.2, 0) is 7.05 Å². The number of fused-ring (bicyclic) bond motifs is 1. The second-order valence-corrected chi connectivity index (χ2v) is 9.60. The third kappa shape index (κ3) is 6.91. The molecule has 216 valence electrons. The van der Waals surface area contributed by atoms with Gasteiger partial charge >= 0.3 is 0 Å². The maximum atomic E-state index is 12.8. The van der Waals surface area contributed by atoms with Gasteiger partial charge in [-0.25, -0.2) is 22.7 Å². The van der Waals surface area contributed by atoms with Crippen LogP contribution < -0.4 is 21.1 Å². The predicted octanol–water partition coefficient (Wildman–Crippen LogP) is 2.87. The van der Waals surface area contributed by atoms with Gasteiger partial charge in [-0.3, -0.25) is 14.4 Å². The summed E-state index contributed by atoms with van der Waals surface area (Å²) in [4.78, 5) is 43.6. The van der Waals surface area contributed by atoms with Crippen LogP contribution in [0.15, 0.2) is 59.5 Å². The number of carbonyl (C=O) groups is 2. The molecule has 0 saturated carbocycles. The molecule has 5 rings (SSSR count). The van der Waals surface area contributed by atoms with Crippen molar-refractivity contribution >= 4 is 23.3 Å². The van der Waals surface area contributed by atoms with Gasteiger partial charge in [0.1, 0.15) is 17.2 Å². The summed E-state index contributed by atoms with van der Waals surface area (Å²) >= 11 is 0. The maximum Gasteiger partial charge on any atom is 0.271 e. The zero-order valence-corrected chi connectivity index (χ0v) is 22.8. The number of halogens is 3. The molecule has 1 fully saturated rings. The van der Waals surface area contributed by atoms with Gasteiger partial charge < -0.3 is 20.1 Å². The molecule has 1 saturated heterocycles. The largest absolute Gasteiger partial charge is 0.353 e. The van der Waals surface area contributed by atoms with Gasteiger partial charge in [-0.2, -0.15) is 0 Å². The molecule has 13 heteroatoms. The van der Waals surface area contributed by atoms with Crippen molar-refractivity contribution in [1.29, 1.82) is 0 Å². The Balaban J connectivity index is 0.000000483. The topological polar surface area (TPSA) is 114 Å².